The lowest BCUT2D eigenvalue weighted by Gasteiger charge is -2.19. The molecule has 21 heavy (non-hydrogen) atoms. The zero-order valence-electron chi connectivity index (χ0n) is 12.1. The van der Waals surface area contributed by atoms with E-state index in [0.29, 0.717) is 11.1 Å². The number of hydrogen-bond donors (Lipinski definition) is 1. The van der Waals surface area contributed by atoms with E-state index < -0.39 is 21.9 Å². The molecule has 5 nitrogen and oxygen atoms in total. The van der Waals surface area contributed by atoms with E-state index in [0.717, 1.165) is 4.47 Å². The minimum absolute atomic E-state index is 0.0355. The highest BCUT2D eigenvalue weighted by Gasteiger charge is 2.41. The van der Waals surface area contributed by atoms with Crippen molar-refractivity contribution in [2.75, 3.05) is 13.1 Å². The maximum atomic E-state index is 12.8. The van der Waals surface area contributed by atoms with Gasteiger partial charge >= 0.3 is 5.97 Å². The fourth-order valence-corrected chi connectivity index (χ4v) is 5.54. The molecule has 1 aromatic carbocycles. The highest BCUT2D eigenvalue weighted by Crippen LogP contribution is 2.32. The second-order valence-electron chi connectivity index (χ2n) is 5.61. The van der Waals surface area contributed by atoms with E-state index >= 15 is 0 Å². The number of aryl methyl sites for hydroxylation is 2. The second kappa shape index (κ2) is 5.70. The fraction of sp³-hybridized carbons (Fsp3) is 0.500. The third-order valence-corrected chi connectivity index (χ3v) is 6.51. The summed E-state index contributed by atoms with van der Waals surface area (Å²) < 4.78 is 27.8. The number of hydrogen-bond acceptors (Lipinski definition) is 3. The zero-order valence-corrected chi connectivity index (χ0v) is 14.5. The van der Waals surface area contributed by atoms with Crippen molar-refractivity contribution in [1.82, 2.24) is 4.31 Å². The smallest absolute Gasteiger partial charge is 0.308 e. The molecule has 1 N–H and O–H groups in total. The first-order valence-corrected chi connectivity index (χ1v) is 8.87. The number of aliphatic carboxylic acids is 1. The molecule has 0 bridgehead atoms. The van der Waals surface area contributed by atoms with Gasteiger partial charge in [-0.2, -0.15) is 4.31 Å². The molecule has 0 aliphatic carbocycles. The van der Waals surface area contributed by atoms with Crippen LogP contribution in [0.15, 0.2) is 21.5 Å². The van der Waals surface area contributed by atoms with Gasteiger partial charge in [-0.05, 0) is 43.0 Å². The Morgan fingerprint density at radius 3 is 2.24 bits per heavy atom. The number of sulfonamides is 1. The molecule has 0 unspecified atom stereocenters. The van der Waals surface area contributed by atoms with Gasteiger partial charge in [0.2, 0.25) is 10.0 Å². The van der Waals surface area contributed by atoms with Gasteiger partial charge < -0.3 is 5.11 Å². The summed E-state index contributed by atoms with van der Waals surface area (Å²) in [6.45, 7) is 5.55. The van der Waals surface area contributed by atoms with Crippen LogP contribution in [-0.2, 0) is 14.8 Å². The average molecular weight is 376 g/mol. The van der Waals surface area contributed by atoms with E-state index in [1.807, 2.05) is 0 Å². The van der Waals surface area contributed by atoms with Crippen LogP contribution >= 0.6 is 15.9 Å². The Morgan fingerprint density at radius 2 is 1.81 bits per heavy atom. The molecule has 0 radical (unpaired) electrons. The molecule has 1 saturated heterocycles. The molecule has 1 aliphatic rings. The molecule has 116 valence electrons. The van der Waals surface area contributed by atoms with Gasteiger partial charge in [0.05, 0.1) is 10.8 Å². The Kier molecular flexibility index (Phi) is 4.46. The molecular formula is C14H18BrNO4S. The van der Waals surface area contributed by atoms with E-state index in [-0.39, 0.29) is 23.9 Å². The molecule has 1 fully saturated rings. The standard InChI is InChI=1S/C14H18BrNO4S/c1-8-4-11(15)5-9(2)13(8)21(19,20)16-6-10(3)12(7-16)14(17)18/h4-5,10,12H,6-7H2,1-3H3,(H,17,18)/t10-,12-/m1/s1. The first-order valence-electron chi connectivity index (χ1n) is 6.64. The summed E-state index contributed by atoms with van der Waals surface area (Å²) in [5.41, 5.74) is 1.32. The van der Waals surface area contributed by atoms with Crippen molar-refractivity contribution in [3.05, 3.63) is 27.7 Å². The summed E-state index contributed by atoms with van der Waals surface area (Å²) in [4.78, 5) is 11.5. The molecule has 0 saturated carbocycles. The van der Waals surface area contributed by atoms with Crippen molar-refractivity contribution < 1.29 is 18.3 Å². The van der Waals surface area contributed by atoms with Crippen LogP contribution in [0.2, 0.25) is 0 Å². The highest BCUT2D eigenvalue weighted by molar-refractivity contribution is 9.10. The summed E-state index contributed by atoms with van der Waals surface area (Å²) in [6.07, 6.45) is 0. The Hall–Kier alpha value is -0.920. The second-order valence-corrected chi connectivity index (χ2v) is 8.40. The number of carbonyl (C=O) groups is 1. The van der Waals surface area contributed by atoms with Gasteiger partial charge in [0.1, 0.15) is 0 Å². The highest BCUT2D eigenvalue weighted by atomic mass is 79.9. The number of benzene rings is 1. The molecule has 2 rings (SSSR count). The van der Waals surface area contributed by atoms with Crippen LogP contribution in [0.1, 0.15) is 18.1 Å². The summed E-state index contributed by atoms with van der Waals surface area (Å²) in [7, 11) is -3.67. The van der Waals surface area contributed by atoms with Crippen molar-refractivity contribution in [3.8, 4) is 0 Å². The Morgan fingerprint density at radius 1 is 1.29 bits per heavy atom. The van der Waals surface area contributed by atoms with E-state index in [9.17, 15) is 13.2 Å². The van der Waals surface area contributed by atoms with Crippen LogP contribution < -0.4 is 0 Å². The molecule has 1 aromatic rings. The number of carboxylic acids is 1. The Bertz CT molecular complexity index is 663. The van der Waals surface area contributed by atoms with Crippen LogP contribution in [0.4, 0.5) is 0 Å². The predicted molar refractivity (Wildman–Crippen MR) is 82.7 cm³/mol. The quantitative estimate of drug-likeness (QED) is 0.879. The van der Waals surface area contributed by atoms with Gasteiger partial charge in [-0.15, -0.1) is 0 Å². The minimum atomic E-state index is -3.67. The largest absolute Gasteiger partial charge is 0.481 e. The van der Waals surface area contributed by atoms with Crippen molar-refractivity contribution in [2.45, 2.75) is 25.7 Å². The van der Waals surface area contributed by atoms with E-state index in [1.165, 1.54) is 4.31 Å². The first kappa shape index (κ1) is 16.5. The molecule has 0 spiro atoms. The van der Waals surface area contributed by atoms with Gasteiger partial charge in [-0.3, -0.25) is 4.79 Å². The van der Waals surface area contributed by atoms with E-state index in [4.69, 9.17) is 5.11 Å². The minimum Gasteiger partial charge on any atom is -0.481 e. The average Bonchev–Trinajstić information content (AvgIpc) is 2.70. The van der Waals surface area contributed by atoms with Gasteiger partial charge in [-0.1, -0.05) is 22.9 Å². The SMILES string of the molecule is Cc1cc(Br)cc(C)c1S(=O)(=O)N1C[C@@H](C)[C@H](C(=O)O)C1. The molecule has 1 aliphatic heterocycles. The normalized spacial score (nSPS) is 23.4. The van der Waals surface area contributed by atoms with Crippen molar-refractivity contribution in [1.29, 1.82) is 0 Å². The lowest BCUT2D eigenvalue weighted by Crippen LogP contribution is -2.31. The number of halogens is 1. The van der Waals surface area contributed by atoms with Crippen LogP contribution in [0, 0.1) is 25.7 Å². The van der Waals surface area contributed by atoms with Crippen molar-refractivity contribution in [3.63, 3.8) is 0 Å². The molecule has 1 heterocycles. The lowest BCUT2D eigenvalue weighted by molar-refractivity contribution is -0.142. The predicted octanol–water partition coefficient (Wildman–Crippen LogP) is 2.41. The summed E-state index contributed by atoms with van der Waals surface area (Å²) in [5.74, 6) is -1.77. The van der Waals surface area contributed by atoms with E-state index in [2.05, 4.69) is 15.9 Å². The number of rotatable bonds is 3. The van der Waals surface area contributed by atoms with Crippen LogP contribution in [0.5, 0.6) is 0 Å². The molecular weight excluding hydrogens is 358 g/mol. The van der Waals surface area contributed by atoms with Crippen LogP contribution in [0.3, 0.4) is 0 Å². The van der Waals surface area contributed by atoms with Gasteiger partial charge in [0, 0.05) is 17.6 Å². The molecule has 2 atom stereocenters. The Balaban J connectivity index is 2.43. The van der Waals surface area contributed by atoms with Crippen LogP contribution in [-0.4, -0.2) is 36.9 Å². The number of carboxylic acid groups (broad SMARTS) is 1. The monoisotopic (exact) mass is 375 g/mol. The lowest BCUT2D eigenvalue weighted by atomic mass is 9.99. The fourth-order valence-electron chi connectivity index (χ4n) is 2.87. The molecule has 0 amide bonds. The van der Waals surface area contributed by atoms with Gasteiger partial charge in [0.15, 0.2) is 0 Å². The van der Waals surface area contributed by atoms with Crippen molar-refractivity contribution in [2.24, 2.45) is 11.8 Å². The maximum Gasteiger partial charge on any atom is 0.308 e. The zero-order chi connectivity index (χ0) is 15.9. The third-order valence-electron chi connectivity index (χ3n) is 3.92. The van der Waals surface area contributed by atoms with E-state index in [1.54, 1.807) is 32.9 Å². The summed E-state index contributed by atoms with van der Waals surface area (Å²) in [6, 6.07) is 3.52. The first-order chi connectivity index (χ1) is 9.64. The van der Waals surface area contributed by atoms with Crippen molar-refractivity contribution >= 4 is 31.9 Å². The summed E-state index contributed by atoms with van der Waals surface area (Å²) >= 11 is 3.35. The maximum absolute atomic E-state index is 12.8. The van der Waals surface area contributed by atoms with Crippen LogP contribution in [0.25, 0.3) is 0 Å². The topological polar surface area (TPSA) is 74.7 Å². The van der Waals surface area contributed by atoms with Gasteiger partial charge in [0.25, 0.3) is 0 Å². The molecule has 0 aromatic heterocycles. The third kappa shape index (κ3) is 3.00. The Labute approximate surface area is 133 Å². The molecule has 7 heteroatoms. The van der Waals surface area contributed by atoms with Gasteiger partial charge in [-0.25, -0.2) is 8.42 Å². The summed E-state index contributed by atoms with van der Waals surface area (Å²) in [5, 5.41) is 9.16. The number of nitrogens with zero attached hydrogens (tertiary/aromatic N) is 1.